The average molecular weight is 186 g/mol. The lowest BCUT2D eigenvalue weighted by Gasteiger charge is -2.09. The first-order valence-corrected chi connectivity index (χ1v) is 3.63. The Morgan fingerprint density at radius 3 is 2.46 bits per heavy atom. The molecule has 0 unspecified atom stereocenters. The molecule has 0 bridgehead atoms. The summed E-state index contributed by atoms with van der Waals surface area (Å²) in [7, 11) is 0. The molecule has 0 aliphatic carbocycles. The predicted molar refractivity (Wildman–Crippen MR) is 41.9 cm³/mol. The van der Waals surface area contributed by atoms with Gasteiger partial charge >= 0.3 is 11.9 Å². The van der Waals surface area contributed by atoms with Gasteiger partial charge in [-0.1, -0.05) is 0 Å². The van der Waals surface area contributed by atoms with Crippen molar-refractivity contribution in [1.29, 1.82) is 5.26 Å². The molecule has 0 saturated heterocycles. The number of carboxylic acids is 2. The Labute approximate surface area is 74.8 Å². The zero-order valence-electron chi connectivity index (χ0n) is 6.86. The zero-order chi connectivity index (χ0) is 10.3. The molecule has 0 radical (unpaired) electrons. The molecule has 0 aliphatic rings. The van der Waals surface area contributed by atoms with Crippen molar-refractivity contribution in [1.82, 2.24) is 5.32 Å². The third-order valence-corrected chi connectivity index (χ3v) is 1.30. The number of carbonyl (C=O) groups is 2. The summed E-state index contributed by atoms with van der Waals surface area (Å²) in [5.74, 6) is -2.41. The van der Waals surface area contributed by atoms with Gasteiger partial charge in [0.05, 0.1) is 12.5 Å². The van der Waals surface area contributed by atoms with Crippen LogP contribution in [0.5, 0.6) is 0 Å². The Morgan fingerprint density at radius 1 is 1.46 bits per heavy atom. The minimum absolute atomic E-state index is 0.156. The molecule has 72 valence electrons. The first-order chi connectivity index (χ1) is 6.07. The van der Waals surface area contributed by atoms with Crippen LogP contribution in [0.2, 0.25) is 0 Å². The number of rotatable bonds is 6. The second-order valence-corrected chi connectivity index (χ2v) is 2.35. The summed E-state index contributed by atoms with van der Waals surface area (Å²) >= 11 is 0. The Morgan fingerprint density at radius 2 is 2.08 bits per heavy atom. The molecule has 0 aliphatic heterocycles. The average Bonchev–Trinajstić information content (AvgIpc) is 2.02. The van der Waals surface area contributed by atoms with Crippen LogP contribution < -0.4 is 5.32 Å². The fraction of sp³-hybridized carbons (Fsp3) is 0.571. The predicted octanol–water partition coefficient (Wildman–Crippen LogP) is -0.582. The lowest BCUT2D eigenvalue weighted by molar-refractivity contribution is -0.145. The van der Waals surface area contributed by atoms with Crippen molar-refractivity contribution < 1.29 is 19.8 Å². The van der Waals surface area contributed by atoms with Gasteiger partial charge < -0.3 is 15.5 Å². The number of hydrogen-bond donors (Lipinski definition) is 3. The third-order valence-electron chi connectivity index (χ3n) is 1.30. The van der Waals surface area contributed by atoms with Crippen molar-refractivity contribution in [2.45, 2.75) is 18.9 Å². The van der Waals surface area contributed by atoms with Gasteiger partial charge in [0.2, 0.25) is 0 Å². The van der Waals surface area contributed by atoms with Crippen molar-refractivity contribution in [3.05, 3.63) is 0 Å². The van der Waals surface area contributed by atoms with Crippen molar-refractivity contribution in [3.63, 3.8) is 0 Å². The van der Waals surface area contributed by atoms with E-state index in [1.54, 1.807) is 0 Å². The molecule has 6 nitrogen and oxygen atoms in total. The van der Waals surface area contributed by atoms with Gasteiger partial charge in [-0.3, -0.25) is 9.59 Å². The largest absolute Gasteiger partial charge is 0.481 e. The molecule has 0 aromatic rings. The maximum absolute atomic E-state index is 10.4. The van der Waals surface area contributed by atoms with Crippen LogP contribution >= 0.6 is 0 Å². The lowest BCUT2D eigenvalue weighted by Crippen LogP contribution is -2.38. The smallest absolute Gasteiger partial charge is 0.321 e. The maximum atomic E-state index is 10.4. The molecule has 1 atom stereocenters. The molecule has 3 N–H and O–H groups in total. The standard InChI is InChI=1S/C7H10N2O4/c8-2-1-3-9-5(7(12)13)4-6(10)11/h5,9H,1,3-4H2,(H,10,11)(H,12,13)/t5-/m0/s1. The van der Waals surface area contributed by atoms with Gasteiger partial charge in [0.15, 0.2) is 0 Å². The van der Waals surface area contributed by atoms with Crippen molar-refractivity contribution >= 4 is 11.9 Å². The molecular formula is C7H10N2O4. The molecule has 6 heteroatoms. The van der Waals surface area contributed by atoms with E-state index < -0.39 is 24.4 Å². The van der Waals surface area contributed by atoms with E-state index in [0.29, 0.717) is 0 Å². The first-order valence-electron chi connectivity index (χ1n) is 3.63. The Balaban J connectivity index is 3.89. The maximum Gasteiger partial charge on any atom is 0.321 e. The van der Waals surface area contributed by atoms with E-state index >= 15 is 0 Å². The van der Waals surface area contributed by atoms with E-state index in [2.05, 4.69) is 5.32 Å². The highest BCUT2D eigenvalue weighted by molar-refractivity contribution is 5.80. The van der Waals surface area contributed by atoms with Gasteiger partial charge in [-0.15, -0.1) is 0 Å². The van der Waals surface area contributed by atoms with Crippen molar-refractivity contribution in [3.8, 4) is 6.07 Å². The van der Waals surface area contributed by atoms with Crippen LogP contribution in [0.1, 0.15) is 12.8 Å². The highest BCUT2D eigenvalue weighted by Gasteiger charge is 2.19. The molecule has 0 rings (SSSR count). The zero-order valence-corrected chi connectivity index (χ0v) is 6.86. The minimum Gasteiger partial charge on any atom is -0.481 e. The highest BCUT2D eigenvalue weighted by Crippen LogP contribution is 1.92. The van der Waals surface area contributed by atoms with Gasteiger partial charge in [0.25, 0.3) is 0 Å². The number of aliphatic carboxylic acids is 2. The first kappa shape index (κ1) is 11.4. The molecule has 0 spiro atoms. The summed E-state index contributed by atoms with van der Waals surface area (Å²) in [4.78, 5) is 20.6. The topological polar surface area (TPSA) is 110 Å². The molecule has 0 amide bonds. The summed E-state index contributed by atoms with van der Waals surface area (Å²) in [6.07, 6.45) is -0.329. The number of nitriles is 1. The van der Waals surface area contributed by atoms with E-state index in [4.69, 9.17) is 15.5 Å². The van der Waals surface area contributed by atoms with Crippen LogP contribution in [0.25, 0.3) is 0 Å². The number of hydrogen-bond acceptors (Lipinski definition) is 4. The van der Waals surface area contributed by atoms with Crippen LogP contribution in [0.4, 0.5) is 0 Å². The Hall–Kier alpha value is -1.61. The quantitative estimate of drug-likeness (QED) is 0.478. The molecule has 0 aromatic heterocycles. The fourth-order valence-electron chi connectivity index (χ4n) is 0.724. The molecule has 0 saturated carbocycles. The summed E-state index contributed by atoms with van der Waals surface area (Å²) in [5.41, 5.74) is 0. The van der Waals surface area contributed by atoms with Gasteiger partial charge in [0, 0.05) is 13.0 Å². The number of nitrogens with zero attached hydrogens (tertiary/aromatic N) is 1. The summed E-state index contributed by atoms with van der Waals surface area (Å²) in [6, 6.07) is 0.693. The van der Waals surface area contributed by atoms with Gasteiger partial charge in [-0.05, 0) is 0 Å². The van der Waals surface area contributed by atoms with Gasteiger partial charge in [0.1, 0.15) is 6.04 Å². The second kappa shape index (κ2) is 5.97. The van der Waals surface area contributed by atoms with Crippen LogP contribution in [-0.2, 0) is 9.59 Å². The molecule has 0 fully saturated rings. The van der Waals surface area contributed by atoms with E-state index in [0.717, 1.165) is 0 Å². The van der Waals surface area contributed by atoms with Gasteiger partial charge in [-0.2, -0.15) is 5.26 Å². The summed E-state index contributed by atoms with van der Waals surface area (Å²) in [5, 5.41) is 27.4. The van der Waals surface area contributed by atoms with E-state index in [1.165, 1.54) is 0 Å². The molecule has 0 aromatic carbocycles. The van der Waals surface area contributed by atoms with Crippen LogP contribution in [0, 0.1) is 11.3 Å². The van der Waals surface area contributed by atoms with Crippen LogP contribution in [0.15, 0.2) is 0 Å². The molecular weight excluding hydrogens is 176 g/mol. The lowest BCUT2D eigenvalue weighted by atomic mass is 10.2. The van der Waals surface area contributed by atoms with Gasteiger partial charge in [-0.25, -0.2) is 0 Å². The number of carboxylic acid groups (broad SMARTS) is 2. The fourth-order valence-corrected chi connectivity index (χ4v) is 0.724. The van der Waals surface area contributed by atoms with E-state index in [1.807, 2.05) is 6.07 Å². The Bertz CT molecular complexity index is 233. The molecule has 13 heavy (non-hydrogen) atoms. The Kier molecular flexibility index (Phi) is 5.23. The minimum atomic E-state index is -1.22. The monoisotopic (exact) mass is 186 g/mol. The SMILES string of the molecule is N#CCCN[C@@H](CC(=O)O)C(=O)O. The highest BCUT2D eigenvalue weighted by atomic mass is 16.4. The van der Waals surface area contributed by atoms with Crippen molar-refractivity contribution in [2.75, 3.05) is 6.54 Å². The van der Waals surface area contributed by atoms with E-state index in [9.17, 15) is 9.59 Å². The van der Waals surface area contributed by atoms with Crippen molar-refractivity contribution in [2.24, 2.45) is 0 Å². The number of nitrogens with one attached hydrogen (secondary N) is 1. The molecule has 0 heterocycles. The normalized spacial score (nSPS) is 11.6. The van der Waals surface area contributed by atoms with E-state index in [-0.39, 0.29) is 13.0 Å². The van der Waals surface area contributed by atoms with Crippen LogP contribution in [-0.4, -0.2) is 34.7 Å². The summed E-state index contributed by atoms with van der Waals surface area (Å²) in [6.45, 7) is 0.181. The van der Waals surface area contributed by atoms with Crippen LogP contribution in [0.3, 0.4) is 0 Å². The summed E-state index contributed by atoms with van der Waals surface area (Å²) < 4.78 is 0. The third kappa shape index (κ3) is 5.64. The second-order valence-electron chi connectivity index (χ2n) is 2.35.